The van der Waals surface area contributed by atoms with Crippen molar-refractivity contribution in [2.75, 3.05) is 0 Å². The summed E-state index contributed by atoms with van der Waals surface area (Å²) in [6.45, 7) is 0. The van der Waals surface area contributed by atoms with E-state index in [1.165, 1.54) is 0 Å². The summed E-state index contributed by atoms with van der Waals surface area (Å²) in [5, 5.41) is -6.12. The highest BCUT2D eigenvalue weighted by atomic mass is 14.2. The van der Waals surface area contributed by atoms with E-state index in [4.69, 9.17) is 27.4 Å². The van der Waals surface area contributed by atoms with Crippen LogP contribution in [0.4, 0.5) is 0 Å². The summed E-state index contributed by atoms with van der Waals surface area (Å²) in [4.78, 5) is 0. The van der Waals surface area contributed by atoms with E-state index < -0.39 is 269 Å². The Morgan fingerprint density at radius 2 is 0.739 bits per heavy atom. The fourth-order valence-electron chi connectivity index (χ4n) is 5.28. The molecule has 0 atom stereocenters. The molecule has 9 rings (SSSR count). The van der Waals surface area contributed by atoms with Crippen LogP contribution in [0.15, 0.2) is 181 Å². The number of rotatable bonds is 4. The van der Waals surface area contributed by atoms with Crippen molar-refractivity contribution in [3.63, 3.8) is 0 Å². The molecule has 9 aromatic carbocycles. The lowest BCUT2D eigenvalue weighted by Crippen LogP contribution is -1.92. The van der Waals surface area contributed by atoms with Gasteiger partial charge in [-0.1, -0.05) is 175 Å². The fraction of sp³-hybridized carbons (Fsp3) is 0. The van der Waals surface area contributed by atoms with Gasteiger partial charge in [-0.2, -0.15) is 0 Å². The van der Waals surface area contributed by atoms with Gasteiger partial charge in [0.25, 0.3) is 0 Å². The van der Waals surface area contributed by atoms with Crippen molar-refractivity contribution in [3.05, 3.63) is 181 Å². The monoisotopic (exact) mass is 612 g/mol. The van der Waals surface area contributed by atoms with Crippen molar-refractivity contribution < 1.29 is 41.1 Å². The zero-order chi connectivity index (χ0) is 56.6. The van der Waals surface area contributed by atoms with Crippen LogP contribution in [0.1, 0.15) is 41.1 Å². The maximum atomic E-state index is 10.0. The van der Waals surface area contributed by atoms with E-state index in [2.05, 4.69) is 0 Å². The summed E-state index contributed by atoms with van der Waals surface area (Å²) in [6.07, 6.45) is 0. The molecule has 0 nitrogen and oxygen atoms in total. The molecule has 9 aromatic rings. The van der Waals surface area contributed by atoms with Gasteiger partial charge in [0.15, 0.2) is 0 Å². The van der Waals surface area contributed by atoms with Crippen LogP contribution in [-0.2, 0) is 0 Å². The van der Waals surface area contributed by atoms with Gasteiger partial charge in [0.1, 0.15) is 0 Å². The minimum absolute atomic E-state index is 0.625. The molecule has 0 heteroatoms. The highest BCUT2D eigenvalue weighted by Crippen LogP contribution is 2.46. The minimum Gasteiger partial charge on any atom is -0.0622 e. The number of hydrogen-bond acceptors (Lipinski definition) is 0. The van der Waals surface area contributed by atoms with Crippen molar-refractivity contribution in [2.45, 2.75) is 0 Å². The third-order valence-electron chi connectivity index (χ3n) is 7.25. The first kappa shape index (κ1) is 10.0. The van der Waals surface area contributed by atoms with E-state index in [0.717, 1.165) is 0 Å². The van der Waals surface area contributed by atoms with Crippen molar-refractivity contribution in [2.24, 2.45) is 0 Å². The topological polar surface area (TPSA) is 0 Å². The molecule has 0 saturated heterocycles. The Morgan fingerprint density at radius 3 is 1.43 bits per heavy atom. The second kappa shape index (κ2) is 10.9. The Hall–Kier alpha value is -5.98. The highest BCUT2D eigenvalue weighted by Gasteiger charge is 2.19. The largest absolute Gasteiger partial charge is 0.0636 e. The van der Waals surface area contributed by atoms with Gasteiger partial charge in [-0.25, -0.2) is 0 Å². The number of benzene rings is 9. The van der Waals surface area contributed by atoms with Crippen LogP contribution < -0.4 is 0 Å². The molecule has 0 aliphatic carbocycles. The molecule has 0 aromatic heterocycles. The molecule has 46 heavy (non-hydrogen) atoms. The molecule has 0 N–H and O–H groups in total. The summed E-state index contributed by atoms with van der Waals surface area (Å²) in [7, 11) is 0. The number of hydrogen-bond donors (Lipinski definition) is 0. The minimum atomic E-state index is -1.19. The second-order valence-electron chi connectivity index (χ2n) is 9.75. The number of fused-ring (bicyclic) bond motifs is 4. The molecule has 0 unspecified atom stereocenters. The van der Waals surface area contributed by atoms with Gasteiger partial charge in [0, 0.05) is 0 Å². The molecular formula is C46H30. The standard InChI is InChI=1S/C46H30/c1-2-12-31(13-3-1)36-28-29-43-44(30-36)45(35-26-24-34(25-27-35)38-22-10-16-32-14-4-6-18-37(32)38)41-20-8-9-21-42(41)46(43)40-23-11-17-33-15-5-7-19-39(33)40/h1-30H/i1D,2D,3D,4D,5D,6D,7D,8D,9D,10D,11D,12D,13D,14D,15D,16D,17D,18D,19D,20D,21D,22D,23D,24D,25D,26D,27D,28D,29D,30D. The molecule has 214 valence electrons. The Balaban J connectivity index is 1.66. The van der Waals surface area contributed by atoms with E-state index in [-0.39, 0.29) is 0 Å². The van der Waals surface area contributed by atoms with Crippen molar-refractivity contribution in [1.82, 2.24) is 0 Å². The zero-order valence-electron chi connectivity index (χ0n) is 53.0. The molecule has 0 amide bonds. The molecule has 0 spiro atoms. The first-order valence-corrected chi connectivity index (χ1v) is 13.5. The quantitative estimate of drug-likeness (QED) is 0.173. The van der Waals surface area contributed by atoms with Gasteiger partial charge < -0.3 is 0 Å². The average molecular weight is 613 g/mol. The Labute approximate surface area is 311 Å². The van der Waals surface area contributed by atoms with Crippen LogP contribution in [0, 0.1) is 0 Å². The third-order valence-corrected chi connectivity index (χ3v) is 7.25. The molecule has 0 fully saturated rings. The molecule has 0 heterocycles. The average Bonchev–Trinajstić information content (AvgIpc) is 3.40. The second-order valence-corrected chi connectivity index (χ2v) is 9.75. The zero-order valence-corrected chi connectivity index (χ0v) is 23.0. The third kappa shape index (κ3) is 4.30. The first-order chi connectivity index (χ1) is 35.3. The molecule has 0 bridgehead atoms. The maximum Gasteiger partial charge on any atom is 0.0636 e. The molecule has 0 radical (unpaired) electrons. The predicted octanol–water partition coefficient (Wildman–Crippen LogP) is 13.0. The lowest BCUT2D eigenvalue weighted by molar-refractivity contribution is 1.62. The van der Waals surface area contributed by atoms with Gasteiger partial charge in [-0.15, -0.1) is 0 Å². The Kier molecular flexibility index (Phi) is 2.37. The molecule has 0 saturated carbocycles. The van der Waals surface area contributed by atoms with Gasteiger partial charge in [-0.05, 0) is 93.6 Å². The van der Waals surface area contributed by atoms with Gasteiger partial charge in [0.05, 0.1) is 41.1 Å². The summed E-state index contributed by atoms with van der Waals surface area (Å²) >= 11 is 0. The Morgan fingerprint density at radius 1 is 0.261 bits per heavy atom. The highest BCUT2D eigenvalue weighted by molar-refractivity contribution is 6.24. The van der Waals surface area contributed by atoms with Crippen LogP contribution in [0.2, 0.25) is 0 Å². The summed E-state index contributed by atoms with van der Waals surface area (Å²) in [5.74, 6) is 0. The predicted molar refractivity (Wildman–Crippen MR) is 198 cm³/mol. The normalized spacial score (nSPS) is 20.6. The van der Waals surface area contributed by atoms with Crippen LogP contribution in [0.5, 0.6) is 0 Å². The first-order valence-electron chi connectivity index (χ1n) is 28.5. The summed E-state index contributed by atoms with van der Waals surface area (Å²) in [5.41, 5.74) is -6.93. The fourth-order valence-corrected chi connectivity index (χ4v) is 5.28. The summed E-state index contributed by atoms with van der Waals surface area (Å²) < 4.78 is 270. The van der Waals surface area contributed by atoms with Crippen LogP contribution >= 0.6 is 0 Å². The van der Waals surface area contributed by atoms with Crippen molar-refractivity contribution >= 4 is 43.1 Å². The van der Waals surface area contributed by atoms with Crippen LogP contribution in [-0.4, -0.2) is 0 Å². The van der Waals surface area contributed by atoms with Gasteiger partial charge in [0.2, 0.25) is 0 Å². The van der Waals surface area contributed by atoms with Crippen LogP contribution in [0.25, 0.3) is 87.6 Å². The van der Waals surface area contributed by atoms with E-state index >= 15 is 0 Å². The van der Waals surface area contributed by atoms with E-state index in [9.17, 15) is 13.7 Å². The summed E-state index contributed by atoms with van der Waals surface area (Å²) in [6, 6.07) is -30.3. The Bertz CT molecular complexity index is 4200. The van der Waals surface area contributed by atoms with E-state index in [0.29, 0.717) is 0 Å². The van der Waals surface area contributed by atoms with E-state index in [1.54, 1.807) is 0 Å². The lowest BCUT2D eigenvalue weighted by atomic mass is 9.83. The van der Waals surface area contributed by atoms with Crippen molar-refractivity contribution in [1.29, 1.82) is 0 Å². The van der Waals surface area contributed by atoms with Gasteiger partial charge >= 0.3 is 0 Å². The van der Waals surface area contributed by atoms with Crippen molar-refractivity contribution in [3.8, 4) is 44.5 Å². The van der Waals surface area contributed by atoms with E-state index in [1.807, 2.05) is 0 Å². The SMILES string of the molecule is [2H]c1c([2H])c([2H])c(-c2c([2H])c([2H])c3c(-c4c([2H])c([2H])c([2H])c5c([2H])c([2H])c([2H])c([2H])c45)c4c([2H])c([2H])c([2H])c([2H])c4c(-c4c([2H])c([2H])c(-c5c([2H])c([2H])c([2H])c6c([2H])c([2H])c([2H])c([2H])c56)c([2H])c4[2H])c3c2[2H])c([2H])c1[2H]. The molecular weight excluding hydrogens is 553 g/mol. The maximum absolute atomic E-state index is 10.0. The van der Waals surface area contributed by atoms with Gasteiger partial charge in [-0.3, -0.25) is 0 Å². The molecule has 0 aliphatic heterocycles. The lowest BCUT2D eigenvalue weighted by Gasteiger charge is -2.20. The molecule has 0 aliphatic rings. The van der Waals surface area contributed by atoms with Crippen LogP contribution in [0.3, 0.4) is 0 Å². The smallest absolute Gasteiger partial charge is 0.0622 e.